The Kier molecular flexibility index (Phi) is 2.56. The fourth-order valence-electron chi connectivity index (χ4n) is 1.98. The van der Waals surface area contributed by atoms with Crippen LogP contribution in [0.2, 0.25) is 0 Å². The number of hydrogen-bond acceptors (Lipinski definition) is 2. The lowest BCUT2D eigenvalue weighted by atomic mass is 10.0. The second-order valence-corrected chi connectivity index (χ2v) is 4.86. The molecule has 1 atom stereocenters. The highest BCUT2D eigenvalue weighted by Gasteiger charge is 2.35. The molecule has 1 aliphatic rings. The van der Waals surface area contributed by atoms with Crippen LogP contribution in [0.4, 0.5) is 5.69 Å². The second-order valence-electron chi connectivity index (χ2n) is 3.94. The average Bonchev–Trinajstić information content (AvgIpc) is 2.15. The van der Waals surface area contributed by atoms with E-state index in [1.165, 1.54) is 0 Å². The number of carbonyl (C=O) groups is 1. The van der Waals surface area contributed by atoms with E-state index < -0.39 is 0 Å². The zero-order valence-corrected chi connectivity index (χ0v) is 10.3. The van der Waals surface area contributed by atoms with Crippen LogP contribution < -0.4 is 10.6 Å². The van der Waals surface area contributed by atoms with Gasteiger partial charge in [-0.2, -0.15) is 0 Å². The third-order valence-corrected chi connectivity index (χ3v) is 3.15. The number of anilines is 1. The molecule has 1 amide bonds. The lowest BCUT2D eigenvalue weighted by molar-refractivity contribution is -0.123. The number of nitrogens with zero attached hydrogens (tertiary/aromatic N) is 1. The minimum absolute atomic E-state index is 0.0172. The topological polar surface area (TPSA) is 46.3 Å². The molecule has 15 heavy (non-hydrogen) atoms. The van der Waals surface area contributed by atoms with Gasteiger partial charge in [-0.3, -0.25) is 4.79 Å². The van der Waals surface area contributed by atoms with Gasteiger partial charge < -0.3 is 10.6 Å². The van der Waals surface area contributed by atoms with E-state index in [2.05, 4.69) is 15.9 Å². The Morgan fingerprint density at radius 1 is 1.40 bits per heavy atom. The Morgan fingerprint density at radius 2 is 1.93 bits per heavy atom. The molecular weight excluding hydrogens is 256 g/mol. The normalized spacial score (nSPS) is 20.4. The van der Waals surface area contributed by atoms with Crippen LogP contribution in [-0.4, -0.2) is 18.5 Å². The molecule has 1 heterocycles. The third kappa shape index (κ3) is 1.68. The highest BCUT2D eigenvalue weighted by Crippen LogP contribution is 2.31. The van der Waals surface area contributed by atoms with E-state index in [0.29, 0.717) is 6.54 Å². The molecule has 1 aromatic rings. The summed E-state index contributed by atoms with van der Waals surface area (Å²) in [5, 5.41) is 0. The van der Waals surface area contributed by atoms with Gasteiger partial charge in [0.1, 0.15) is 6.04 Å². The van der Waals surface area contributed by atoms with Crippen LogP contribution in [0.1, 0.15) is 11.1 Å². The summed E-state index contributed by atoms with van der Waals surface area (Å²) in [7, 11) is 0. The first-order valence-electron chi connectivity index (χ1n) is 4.84. The lowest BCUT2D eigenvalue weighted by Crippen LogP contribution is -2.61. The van der Waals surface area contributed by atoms with Gasteiger partial charge >= 0.3 is 0 Å². The van der Waals surface area contributed by atoms with Crippen molar-refractivity contribution in [2.45, 2.75) is 19.9 Å². The van der Waals surface area contributed by atoms with Crippen molar-refractivity contribution in [2.24, 2.45) is 5.73 Å². The lowest BCUT2D eigenvalue weighted by Gasteiger charge is -2.38. The number of carbonyl (C=O) groups excluding carboxylic acids is 1. The monoisotopic (exact) mass is 268 g/mol. The van der Waals surface area contributed by atoms with E-state index in [1.807, 2.05) is 26.0 Å². The maximum Gasteiger partial charge on any atom is 0.245 e. The molecule has 4 heteroatoms. The van der Waals surface area contributed by atoms with Gasteiger partial charge in [-0.15, -0.1) is 0 Å². The van der Waals surface area contributed by atoms with Crippen molar-refractivity contribution < 1.29 is 4.79 Å². The van der Waals surface area contributed by atoms with E-state index in [9.17, 15) is 4.79 Å². The van der Waals surface area contributed by atoms with Crippen LogP contribution >= 0.6 is 15.9 Å². The number of halogens is 1. The largest absolute Gasteiger partial charge is 0.318 e. The molecule has 1 aromatic carbocycles. The summed E-state index contributed by atoms with van der Waals surface area (Å²) in [6.07, 6.45) is 0. The van der Waals surface area contributed by atoms with Crippen molar-refractivity contribution in [1.29, 1.82) is 0 Å². The quantitative estimate of drug-likeness (QED) is 0.789. The maximum absolute atomic E-state index is 11.5. The van der Waals surface area contributed by atoms with Crippen LogP contribution in [0.25, 0.3) is 0 Å². The van der Waals surface area contributed by atoms with E-state index >= 15 is 0 Å². The van der Waals surface area contributed by atoms with Crippen molar-refractivity contribution in [3.8, 4) is 0 Å². The molecule has 2 rings (SSSR count). The van der Waals surface area contributed by atoms with Crippen molar-refractivity contribution in [2.75, 3.05) is 11.4 Å². The summed E-state index contributed by atoms with van der Waals surface area (Å²) < 4.78 is 1.04. The van der Waals surface area contributed by atoms with Gasteiger partial charge in [-0.05, 0) is 37.1 Å². The fourth-order valence-corrected chi connectivity index (χ4v) is 2.67. The third-order valence-electron chi connectivity index (χ3n) is 2.69. The molecule has 1 unspecified atom stereocenters. The summed E-state index contributed by atoms with van der Waals surface area (Å²) in [6.45, 7) is 4.64. The Labute approximate surface area is 97.4 Å². The zero-order chi connectivity index (χ0) is 11.2. The summed E-state index contributed by atoms with van der Waals surface area (Å²) in [5.41, 5.74) is 8.78. The van der Waals surface area contributed by atoms with E-state index in [-0.39, 0.29) is 11.9 Å². The number of hydrogen-bond donors (Lipinski definition) is 1. The van der Waals surface area contributed by atoms with Crippen LogP contribution in [0.15, 0.2) is 16.6 Å². The number of benzene rings is 1. The zero-order valence-electron chi connectivity index (χ0n) is 8.75. The number of amides is 1. The molecule has 1 saturated heterocycles. The Balaban J connectivity index is 2.41. The molecule has 0 aromatic heterocycles. The van der Waals surface area contributed by atoms with Gasteiger partial charge in [-0.1, -0.05) is 15.9 Å². The highest BCUT2D eigenvalue weighted by molar-refractivity contribution is 9.10. The van der Waals surface area contributed by atoms with E-state index in [1.54, 1.807) is 4.90 Å². The standard InChI is InChI=1S/C11H13BrN2O/c1-6-3-8(12)4-7(2)10(6)14-5-9(13)11(14)15/h3-4,9H,5,13H2,1-2H3. The first-order valence-corrected chi connectivity index (χ1v) is 5.63. The van der Waals surface area contributed by atoms with Gasteiger partial charge in [0.15, 0.2) is 0 Å². The number of aryl methyl sites for hydroxylation is 2. The predicted molar refractivity (Wildman–Crippen MR) is 63.9 cm³/mol. The van der Waals surface area contributed by atoms with Crippen LogP contribution in [-0.2, 0) is 4.79 Å². The molecule has 0 aliphatic carbocycles. The molecule has 3 nitrogen and oxygen atoms in total. The summed E-state index contributed by atoms with van der Waals surface area (Å²) in [4.78, 5) is 13.3. The smallest absolute Gasteiger partial charge is 0.245 e. The molecule has 0 radical (unpaired) electrons. The molecular formula is C11H13BrN2O. The van der Waals surface area contributed by atoms with Gasteiger partial charge in [0.25, 0.3) is 0 Å². The van der Waals surface area contributed by atoms with E-state index in [0.717, 1.165) is 21.3 Å². The summed E-state index contributed by atoms with van der Waals surface area (Å²) >= 11 is 3.43. The van der Waals surface area contributed by atoms with Crippen molar-refractivity contribution in [3.05, 3.63) is 27.7 Å². The highest BCUT2D eigenvalue weighted by atomic mass is 79.9. The summed E-state index contributed by atoms with van der Waals surface area (Å²) in [6, 6.07) is 3.71. The molecule has 0 spiro atoms. The summed E-state index contributed by atoms with van der Waals surface area (Å²) in [5.74, 6) is 0.0172. The fraction of sp³-hybridized carbons (Fsp3) is 0.364. The van der Waals surface area contributed by atoms with Gasteiger partial charge in [-0.25, -0.2) is 0 Å². The second kappa shape index (κ2) is 3.61. The Bertz CT molecular complexity index is 408. The van der Waals surface area contributed by atoms with Gasteiger partial charge in [0.05, 0.1) is 6.54 Å². The van der Waals surface area contributed by atoms with Crippen LogP contribution in [0, 0.1) is 13.8 Å². The maximum atomic E-state index is 11.5. The van der Waals surface area contributed by atoms with Crippen molar-refractivity contribution >= 4 is 27.5 Å². The molecule has 0 saturated carbocycles. The van der Waals surface area contributed by atoms with Gasteiger partial charge in [0, 0.05) is 10.2 Å². The number of β-lactam (4-membered cyclic amide) rings is 1. The number of rotatable bonds is 1. The Morgan fingerprint density at radius 3 is 2.33 bits per heavy atom. The first kappa shape index (κ1) is 10.6. The first-order chi connectivity index (χ1) is 7.00. The van der Waals surface area contributed by atoms with E-state index in [4.69, 9.17) is 5.73 Å². The molecule has 80 valence electrons. The SMILES string of the molecule is Cc1cc(Br)cc(C)c1N1CC(N)C1=O. The Hall–Kier alpha value is -0.870. The molecule has 0 bridgehead atoms. The van der Waals surface area contributed by atoms with Crippen LogP contribution in [0.5, 0.6) is 0 Å². The molecule has 1 fully saturated rings. The van der Waals surface area contributed by atoms with Gasteiger partial charge in [0.2, 0.25) is 5.91 Å². The molecule has 2 N–H and O–H groups in total. The average molecular weight is 269 g/mol. The number of nitrogens with two attached hydrogens (primary N) is 1. The minimum Gasteiger partial charge on any atom is -0.318 e. The van der Waals surface area contributed by atoms with Crippen LogP contribution in [0.3, 0.4) is 0 Å². The molecule has 1 aliphatic heterocycles. The minimum atomic E-state index is -0.313. The van der Waals surface area contributed by atoms with Crippen molar-refractivity contribution in [1.82, 2.24) is 0 Å². The predicted octanol–water partition coefficient (Wildman–Crippen LogP) is 1.74. The van der Waals surface area contributed by atoms with Crippen molar-refractivity contribution in [3.63, 3.8) is 0 Å².